The van der Waals surface area contributed by atoms with E-state index in [0.717, 1.165) is 50.4 Å². The van der Waals surface area contributed by atoms with E-state index in [-0.39, 0.29) is 23.7 Å². The highest BCUT2D eigenvalue weighted by Crippen LogP contribution is 2.64. The van der Waals surface area contributed by atoms with E-state index in [9.17, 15) is 15.0 Å². The molecule has 0 aromatic carbocycles. The maximum absolute atomic E-state index is 12.3. The van der Waals surface area contributed by atoms with Crippen molar-refractivity contribution in [2.45, 2.75) is 70.3 Å². The summed E-state index contributed by atoms with van der Waals surface area (Å²) in [5.74, 6) is 6.31. The Kier molecular flexibility index (Phi) is 4.91. The van der Waals surface area contributed by atoms with Crippen LogP contribution in [0.3, 0.4) is 0 Å². The van der Waals surface area contributed by atoms with Crippen LogP contribution in [-0.4, -0.2) is 28.2 Å². The van der Waals surface area contributed by atoms with Crippen LogP contribution in [0.1, 0.15) is 64.7 Å². The molecule has 144 valence electrons. The van der Waals surface area contributed by atoms with Crippen molar-refractivity contribution in [3.63, 3.8) is 0 Å². The van der Waals surface area contributed by atoms with Crippen molar-refractivity contribution in [1.82, 2.24) is 0 Å². The van der Waals surface area contributed by atoms with Crippen molar-refractivity contribution in [1.29, 1.82) is 0 Å². The fraction of sp³-hybridized carbons (Fsp3) is 0.864. The number of carbonyl (C=O) groups excluding carboxylic acids is 1. The number of fused-ring (bicyclic) bond motifs is 5. The Morgan fingerprint density at radius 1 is 1.08 bits per heavy atom. The molecule has 0 amide bonds. The highest BCUT2D eigenvalue weighted by Gasteiger charge is 2.58. The minimum Gasteiger partial charge on any atom is -0.389 e. The molecular formula is C22H31ClO3. The summed E-state index contributed by atoms with van der Waals surface area (Å²) in [6.45, 7) is 2.02. The normalized spacial score (nSPS) is 50.0. The van der Waals surface area contributed by atoms with Gasteiger partial charge in [0.1, 0.15) is 12.2 Å². The molecule has 0 aromatic heterocycles. The minimum absolute atomic E-state index is 0.0597. The van der Waals surface area contributed by atoms with Crippen molar-refractivity contribution >= 4 is 17.4 Å². The van der Waals surface area contributed by atoms with E-state index in [2.05, 4.69) is 18.2 Å². The lowest BCUT2D eigenvalue weighted by molar-refractivity contribution is -0.134. The summed E-state index contributed by atoms with van der Waals surface area (Å²) in [4.78, 5) is 12.3. The monoisotopic (exact) mass is 378 g/mol. The summed E-state index contributed by atoms with van der Waals surface area (Å²) in [5.41, 5.74) is -0.793. The van der Waals surface area contributed by atoms with Gasteiger partial charge in [0.05, 0.1) is 0 Å². The molecule has 3 nitrogen and oxygen atoms in total. The molecule has 0 heterocycles. The number of ketones is 1. The molecule has 4 fully saturated rings. The van der Waals surface area contributed by atoms with Crippen LogP contribution in [0, 0.1) is 52.2 Å². The van der Waals surface area contributed by atoms with Crippen LogP contribution in [0.5, 0.6) is 0 Å². The zero-order valence-corrected chi connectivity index (χ0v) is 16.5. The molecule has 4 heteroatoms. The Balaban J connectivity index is 1.52. The van der Waals surface area contributed by atoms with E-state index in [1.807, 2.05) is 0 Å². The largest absolute Gasteiger partial charge is 0.389 e. The van der Waals surface area contributed by atoms with Gasteiger partial charge in [0, 0.05) is 11.3 Å². The smallest absolute Gasteiger partial charge is 0.161 e. The second kappa shape index (κ2) is 6.80. The molecule has 2 N–H and O–H groups in total. The van der Waals surface area contributed by atoms with E-state index in [0.29, 0.717) is 17.8 Å². The van der Waals surface area contributed by atoms with Gasteiger partial charge in [0.2, 0.25) is 0 Å². The van der Waals surface area contributed by atoms with Crippen molar-refractivity contribution in [3.8, 4) is 11.3 Å². The third-order valence-electron chi connectivity index (χ3n) is 8.83. The highest BCUT2D eigenvalue weighted by molar-refractivity contribution is 6.30. The van der Waals surface area contributed by atoms with Crippen LogP contribution in [0.15, 0.2) is 0 Å². The summed E-state index contributed by atoms with van der Waals surface area (Å²) >= 11 is 5.57. The van der Waals surface area contributed by atoms with Gasteiger partial charge >= 0.3 is 0 Å². The van der Waals surface area contributed by atoms with Crippen LogP contribution in [0.25, 0.3) is 0 Å². The fourth-order valence-corrected chi connectivity index (χ4v) is 7.89. The summed E-state index contributed by atoms with van der Waals surface area (Å²) in [6, 6.07) is 0. The van der Waals surface area contributed by atoms with Gasteiger partial charge in [0.25, 0.3) is 0 Å². The molecule has 4 saturated carbocycles. The van der Waals surface area contributed by atoms with Crippen molar-refractivity contribution in [2.24, 2.45) is 40.9 Å². The van der Waals surface area contributed by atoms with Gasteiger partial charge < -0.3 is 10.2 Å². The predicted molar refractivity (Wildman–Crippen MR) is 101 cm³/mol. The fourth-order valence-electron chi connectivity index (χ4n) is 7.72. The molecule has 0 aliphatic heterocycles. The van der Waals surface area contributed by atoms with Crippen molar-refractivity contribution in [3.05, 3.63) is 0 Å². The standard InChI is InChI=1S/C22H31ClO3/c1-21-8-6-16-15-7-9-22(26,10-11-23)12-14(15)2-3-17(16)18(21)4-5-19(21)20(25)13-24/h14-19,24,26H,2-9,12-13H2,1H3/t14-,15-,16+,17+,18-,19+,21-,22-/m0/s1. The maximum Gasteiger partial charge on any atom is 0.161 e. The summed E-state index contributed by atoms with van der Waals surface area (Å²) < 4.78 is 0. The average molecular weight is 379 g/mol. The van der Waals surface area contributed by atoms with Gasteiger partial charge in [-0.05, 0) is 104 Å². The molecule has 0 saturated heterocycles. The molecular weight excluding hydrogens is 348 g/mol. The first kappa shape index (κ1) is 18.8. The van der Waals surface area contributed by atoms with E-state index in [4.69, 9.17) is 11.6 Å². The van der Waals surface area contributed by atoms with Crippen LogP contribution >= 0.6 is 11.6 Å². The van der Waals surface area contributed by atoms with Gasteiger partial charge in [-0.2, -0.15) is 0 Å². The Morgan fingerprint density at radius 2 is 1.85 bits per heavy atom. The second-order valence-electron chi connectivity index (χ2n) is 9.73. The number of Topliss-reactive ketones (excluding diaryl/α,β-unsaturated/α-hetero) is 1. The maximum atomic E-state index is 12.3. The van der Waals surface area contributed by atoms with Gasteiger partial charge in [-0.15, -0.1) is 0 Å². The predicted octanol–water partition coefficient (Wildman–Crippen LogP) is 3.75. The number of hydrogen-bond acceptors (Lipinski definition) is 3. The lowest BCUT2D eigenvalue weighted by Crippen LogP contribution is -2.51. The van der Waals surface area contributed by atoms with Gasteiger partial charge in [-0.25, -0.2) is 0 Å². The van der Waals surface area contributed by atoms with Crippen molar-refractivity contribution in [2.75, 3.05) is 6.61 Å². The highest BCUT2D eigenvalue weighted by atomic mass is 35.5. The third kappa shape index (κ3) is 2.84. The van der Waals surface area contributed by atoms with E-state index >= 15 is 0 Å². The van der Waals surface area contributed by atoms with Crippen LogP contribution in [-0.2, 0) is 4.79 Å². The van der Waals surface area contributed by atoms with E-state index in [1.165, 1.54) is 19.3 Å². The lowest BCUT2D eigenvalue weighted by atomic mass is 9.49. The molecule has 26 heavy (non-hydrogen) atoms. The molecule has 0 radical (unpaired) electrons. The Labute approximate surface area is 161 Å². The molecule has 8 atom stereocenters. The van der Waals surface area contributed by atoms with Crippen molar-refractivity contribution < 1.29 is 15.0 Å². The summed E-state index contributed by atoms with van der Waals surface area (Å²) in [7, 11) is 0. The zero-order chi connectivity index (χ0) is 18.5. The summed E-state index contributed by atoms with van der Waals surface area (Å²) in [6.07, 6.45) is 9.38. The number of aliphatic hydroxyl groups is 2. The van der Waals surface area contributed by atoms with Crippen LogP contribution < -0.4 is 0 Å². The number of aliphatic hydroxyl groups excluding tert-OH is 1. The first-order valence-corrected chi connectivity index (χ1v) is 10.8. The SMILES string of the molecule is C[C@]12CC[C@H]3[C@@H](CC[C@H]4C[C@@](O)(C#CCl)CC[C@@H]43)[C@@H]1CC[C@@H]2C(=O)CO. The molecule has 4 rings (SSSR count). The minimum atomic E-state index is -0.884. The topological polar surface area (TPSA) is 57.5 Å². The number of hydrogen-bond donors (Lipinski definition) is 2. The third-order valence-corrected chi connectivity index (χ3v) is 8.93. The van der Waals surface area contributed by atoms with Gasteiger partial charge in [0.15, 0.2) is 5.78 Å². The Morgan fingerprint density at radius 3 is 2.58 bits per heavy atom. The van der Waals surface area contributed by atoms with E-state index < -0.39 is 5.60 Å². The molecule has 4 aliphatic rings. The number of carbonyl (C=O) groups is 1. The average Bonchev–Trinajstić information content (AvgIpc) is 2.98. The Hall–Kier alpha value is -0.560. The number of rotatable bonds is 2. The summed E-state index contributed by atoms with van der Waals surface area (Å²) in [5, 5.41) is 22.5. The molecule has 0 unspecified atom stereocenters. The van der Waals surface area contributed by atoms with Gasteiger partial charge in [-0.1, -0.05) is 12.8 Å². The number of halogens is 1. The zero-order valence-electron chi connectivity index (χ0n) is 15.7. The van der Waals surface area contributed by atoms with Crippen LogP contribution in [0.2, 0.25) is 0 Å². The van der Waals surface area contributed by atoms with Gasteiger partial charge in [-0.3, -0.25) is 4.79 Å². The van der Waals surface area contributed by atoms with Crippen LogP contribution in [0.4, 0.5) is 0 Å². The molecule has 0 bridgehead atoms. The molecule has 4 aliphatic carbocycles. The molecule has 0 spiro atoms. The first-order valence-electron chi connectivity index (χ1n) is 10.4. The lowest BCUT2D eigenvalue weighted by Gasteiger charge is -2.56. The first-order chi connectivity index (χ1) is 12.4. The Bertz CT molecular complexity index is 637. The van der Waals surface area contributed by atoms with E-state index in [1.54, 1.807) is 0 Å². The molecule has 0 aromatic rings. The quantitative estimate of drug-likeness (QED) is 0.719. The second-order valence-corrected chi connectivity index (χ2v) is 9.92.